The largest absolute Gasteiger partial charge is 0.462 e. The number of methoxy groups -OCH3 is 1. The minimum Gasteiger partial charge on any atom is -0.462 e. The summed E-state index contributed by atoms with van der Waals surface area (Å²) in [7, 11) is 1.72. The van der Waals surface area contributed by atoms with Crippen molar-refractivity contribution in [2.24, 2.45) is 5.41 Å². The van der Waals surface area contributed by atoms with Gasteiger partial charge in [-0.3, -0.25) is 0 Å². The van der Waals surface area contributed by atoms with Crippen molar-refractivity contribution in [3.8, 4) is 0 Å². The lowest BCUT2D eigenvalue weighted by Crippen LogP contribution is -2.57. The van der Waals surface area contributed by atoms with Crippen LogP contribution >= 0.6 is 0 Å². The number of pyridine rings is 1. The highest BCUT2D eigenvalue weighted by Crippen LogP contribution is 2.44. The summed E-state index contributed by atoms with van der Waals surface area (Å²) in [6.07, 6.45) is 2.61. The van der Waals surface area contributed by atoms with E-state index in [2.05, 4.69) is 24.1 Å². The molecule has 0 bridgehead atoms. The number of hydrogen-bond donors (Lipinski definition) is 2. The van der Waals surface area contributed by atoms with Crippen LogP contribution in [0.4, 0.5) is 11.5 Å². The van der Waals surface area contributed by atoms with Gasteiger partial charge in [0.2, 0.25) is 0 Å². The van der Waals surface area contributed by atoms with Crippen LogP contribution in [0.1, 0.15) is 37.6 Å². The first-order chi connectivity index (χ1) is 9.90. The molecular weight excluding hydrogens is 270 g/mol. The lowest BCUT2D eigenvalue weighted by atomic mass is 9.64. The number of rotatable bonds is 5. The highest BCUT2D eigenvalue weighted by atomic mass is 16.5. The summed E-state index contributed by atoms with van der Waals surface area (Å²) in [5.74, 6) is 0.0931. The van der Waals surface area contributed by atoms with Crippen molar-refractivity contribution in [1.29, 1.82) is 0 Å². The van der Waals surface area contributed by atoms with Gasteiger partial charge in [0.15, 0.2) is 0 Å². The Balaban J connectivity index is 2.19. The number of nitrogen functional groups attached to an aromatic ring is 1. The van der Waals surface area contributed by atoms with Gasteiger partial charge in [0.05, 0.1) is 24.6 Å². The van der Waals surface area contributed by atoms with E-state index in [0.29, 0.717) is 23.7 Å². The predicted molar refractivity (Wildman–Crippen MR) is 81.2 cm³/mol. The molecule has 2 rings (SSSR count). The Labute approximate surface area is 125 Å². The number of esters is 1. The first-order valence-electron chi connectivity index (χ1n) is 7.12. The number of nitrogens with two attached hydrogens (primary N) is 1. The fraction of sp³-hybridized carbons (Fsp3) is 0.600. The molecule has 0 radical (unpaired) electrons. The molecule has 6 nitrogen and oxygen atoms in total. The molecule has 1 saturated carbocycles. The molecule has 1 aromatic heterocycles. The molecule has 0 spiro atoms. The monoisotopic (exact) mass is 293 g/mol. The van der Waals surface area contributed by atoms with Crippen LogP contribution in [-0.4, -0.2) is 36.8 Å². The molecule has 0 saturated heterocycles. The van der Waals surface area contributed by atoms with E-state index >= 15 is 0 Å². The third-order valence-corrected chi connectivity index (χ3v) is 4.18. The minimum atomic E-state index is -0.416. The van der Waals surface area contributed by atoms with E-state index < -0.39 is 5.97 Å². The average Bonchev–Trinajstić information content (AvgIpc) is 2.44. The molecule has 1 aromatic rings. The zero-order chi connectivity index (χ0) is 15.6. The second-order valence-corrected chi connectivity index (χ2v) is 5.86. The van der Waals surface area contributed by atoms with Crippen LogP contribution in [0.3, 0.4) is 0 Å². The van der Waals surface area contributed by atoms with Crippen LogP contribution in [-0.2, 0) is 9.47 Å². The molecule has 116 valence electrons. The molecule has 21 heavy (non-hydrogen) atoms. The summed E-state index contributed by atoms with van der Waals surface area (Å²) in [5, 5.41) is 3.32. The average molecular weight is 293 g/mol. The number of aromatic nitrogens is 1. The number of ether oxygens (including phenoxy) is 2. The lowest BCUT2D eigenvalue weighted by molar-refractivity contribution is -0.0795. The van der Waals surface area contributed by atoms with Crippen LogP contribution in [0.15, 0.2) is 12.3 Å². The van der Waals surface area contributed by atoms with Crippen molar-refractivity contribution in [3.63, 3.8) is 0 Å². The highest BCUT2D eigenvalue weighted by Gasteiger charge is 2.49. The first kappa shape index (κ1) is 15.6. The van der Waals surface area contributed by atoms with Crippen molar-refractivity contribution < 1.29 is 14.3 Å². The Kier molecular flexibility index (Phi) is 4.37. The highest BCUT2D eigenvalue weighted by molar-refractivity contribution is 5.95. The van der Waals surface area contributed by atoms with Gasteiger partial charge < -0.3 is 20.5 Å². The second-order valence-electron chi connectivity index (χ2n) is 5.86. The van der Waals surface area contributed by atoms with Gasteiger partial charge >= 0.3 is 5.97 Å². The zero-order valence-electron chi connectivity index (χ0n) is 13.0. The maximum atomic E-state index is 12.0. The van der Waals surface area contributed by atoms with Gasteiger partial charge in [-0.05, 0) is 19.4 Å². The van der Waals surface area contributed by atoms with Crippen molar-refractivity contribution in [2.45, 2.75) is 39.3 Å². The van der Waals surface area contributed by atoms with Gasteiger partial charge in [0.25, 0.3) is 0 Å². The number of carbonyl (C=O) groups excluding carboxylic acids is 1. The maximum Gasteiger partial charge on any atom is 0.341 e. The molecule has 1 aliphatic carbocycles. The molecule has 6 heteroatoms. The standard InChI is InChI=1S/C15H23N3O3/c1-5-21-14(19)10-6-9(16)8-17-13(10)18-11-7-12(20-4)15(11,2)3/h6,8,11-12H,5,7,16H2,1-4H3,(H,17,18). The normalized spacial score (nSPS) is 23.2. The van der Waals surface area contributed by atoms with Gasteiger partial charge in [-0.25, -0.2) is 9.78 Å². The van der Waals surface area contributed by atoms with Crippen LogP contribution < -0.4 is 11.1 Å². The van der Waals surface area contributed by atoms with Gasteiger partial charge in [0, 0.05) is 18.6 Å². The molecule has 1 aliphatic rings. The smallest absolute Gasteiger partial charge is 0.341 e. The zero-order valence-corrected chi connectivity index (χ0v) is 13.0. The van der Waals surface area contributed by atoms with Crippen LogP contribution in [0, 0.1) is 5.41 Å². The van der Waals surface area contributed by atoms with Crippen molar-refractivity contribution in [2.75, 3.05) is 24.8 Å². The third-order valence-electron chi connectivity index (χ3n) is 4.18. The third kappa shape index (κ3) is 2.95. The van der Waals surface area contributed by atoms with Crippen LogP contribution in [0.2, 0.25) is 0 Å². The Morgan fingerprint density at radius 1 is 1.57 bits per heavy atom. The summed E-state index contributed by atoms with van der Waals surface area (Å²) in [5.41, 5.74) is 6.50. The Morgan fingerprint density at radius 2 is 2.29 bits per heavy atom. The number of anilines is 2. The summed E-state index contributed by atoms with van der Waals surface area (Å²) in [6, 6.07) is 1.78. The molecule has 0 aromatic carbocycles. The van der Waals surface area contributed by atoms with Crippen molar-refractivity contribution in [1.82, 2.24) is 4.98 Å². The van der Waals surface area contributed by atoms with Gasteiger partial charge in [-0.1, -0.05) is 13.8 Å². The van der Waals surface area contributed by atoms with E-state index in [0.717, 1.165) is 6.42 Å². The van der Waals surface area contributed by atoms with E-state index in [9.17, 15) is 4.79 Å². The number of hydrogen-bond acceptors (Lipinski definition) is 6. The van der Waals surface area contributed by atoms with Crippen molar-refractivity contribution >= 4 is 17.5 Å². The van der Waals surface area contributed by atoms with Gasteiger partial charge in [0.1, 0.15) is 11.4 Å². The van der Waals surface area contributed by atoms with E-state index in [1.807, 2.05) is 0 Å². The Morgan fingerprint density at radius 3 is 2.86 bits per heavy atom. The predicted octanol–water partition coefficient (Wildman–Crippen LogP) is 2.07. The summed E-state index contributed by atoms with van der Waals surface area (Å²) in [4.78, 5) is 16.2. The minimum absolute atomic E-state index is 0.0241. The van der Waals surface area contributed by atoms with Gasteiger partial charge in [-0.15, -0.1) is 0 Å². The summed E-state index contributed by atoms with van der Waals surface area (Å²) < 4.78 is 10.5. The molecule has 3 N–H and O–H groups in total. The molecule has 2 unspecified atom stereocenters. The lowest BCUT2D eigenvalue weighted by Gasteiger charge is -2.51. The Bertz CT molecular complexity index is 531. The fourth-order valence-electron chi connectivity index (χ4n) is 2.66. The van der Waals surface area contributed by atoms with Gasteiger partial charge in [-0.2, -0.15) is 0 Å². The van der Waals surface area contributed by atoms with Crippen LogP contribution in [0.25, 0.3) is 0 Å². The van der Waals surface area contributed by atoms with Crippen molar-refractivity contribution in [3.05, 3.63) is 17.8 Å². The van der Waals surface area contributed by atoms with Crippen LogP contribution in [0.5, 0.6) is 0 Å². The fourth-order valence-corrected chi connectivity index (χ4v) is 2.66. The van der Waals surface area contributed by atoms with E-state index in [1.54, 1.807) is 20.1 Å². The van der Waals surface area contributed by atoms with E-state index in [4.69, 9.17) is 15.2 Å². The number of nitrogens with zero attached hydrogens (tertiary/aromatic N) is 1. The van der Waals surface area contributed by atoms with E-state index in [1.165, 1.54) is 6.20 Å². The Hall–Kier alpha value is -1.82. The SMILES string of the molecule is CCOC(=O)c1cc(N)cnc1NC1CC(OC)C1(C)C. The molecule has 0 aliphatic heterocycles. The summed E-state index contributed by atoms with van der Waals surface area (Å²) >= 11 is 0. The number of nitrogens with one attached hydrogen (secondary N) is 1. The molecule has 1 fully saturated rings. The first-order valence-corrected chi connectivity index (χ1v) is 7.12. The molecule has 2 atom stereocenters. The molecule has 0 amide bonds. The topological polar surface area (TPSA) is 86.5 Å². The maximum absolute atomic E-state index is 12.0. The quantitative estimate of drug-likeness (QED) is 0.808. The summed E-state index contributed by atoms with van der Waals surface area (Å²) in [6.45, 7) is 6.34. The number of carbonyl (C=O) groups is 1. The molecular formula is C15H23N3O3. The molecule has 1 heterocycles. The second kappa shape index (κ2) is 5.89. The van der Waals surface area contributed by atoms with E-state index in [-0.39, 0.29) is 17.6 Å².